The van der Waals surface area contributed by atoms with E-state index < -0.39 is 0 Å². The predicted octanol–water partition coefficient (Wildman–Crippen LogP) is 1.50. The van der Waals surface area contributed by atoms with E-state index in [4.69, 9.17) is 11.6 Å². The summed E-state index contributed by atoms with van der Waals surface area (Å²) in [5, 5.41) is 11.6. The molecule has 11 heteroatoms. The van der Waals surface area contributed by atoms with Crippen LogP contribution in [0.1, 0.15) is 6.42 Å². The Kier molecular flexibility index (Phi) is 5.11. The number of nitrogens with zero attached hydrogens (tertiary/aromatic N) is 7. The van der Waals surface area contributed by atoms with E-state index in [9.17, 15) is 4.79 Å². The van der Waals surface area contributed by atoms with Crippen LogP contribution in [0.2, 0.25) is 0 Å². The minimum atomic E-state index is -0.290. The van der Waals surface area contributed by atoms with Crippen LogP contribution in [0, 0.1) is 0 Å². The van der Waals surface area contributed by atoms with Gasteiger partial charge in [-0.2, -0.15) is 10.2 Å². The number of urea groups is 1. The molecule has 142 valence electrons. The molecule has 0 saturated carbocycles. The molecule has 0 aliphatic carbocycles. The monoisotopic (exact) mass is 452 g/mol. The molecule has 9 nitrogen and oxygen atoms in total. The maximum absolute atomic E-state index is 12.9. The predicted molar refractivity (Wildman–Crippen MR) is 107 cm³/mol. The van der Waals surface area contributed by atoms with Crippen molar-refractivity contribution in [1.82, 2.24) is 30.1 Å². The molecule has 2 amide bonds. The maximum Gasteiger partial charge on any atom is 0.318 e. The van der Waals surface area contributed by atoms with Crippen molar-refractivity contribution in [2.75, 3.05) is 20.1 Å². The number of aromatic nitrogens is 3. The summed E-state index contributed by atoms with van der Waals surface area (Å²) in [4.78, 5) is 26.9. The van der Waals surface area contributed by atoms with Crippen LogP contribution >= 0.6 is 27.5 Å². The fourth-order valence-electron chi connectivity index (χ4n) is 3.42. The van der Waals surface area contributed by atoms with E-state index in [1.54, 1.807) is 29.7 Å². The van der Waals surface area contributed by atoms with E-state index >= 15 is 0 Å². The van der Waals surface area contributed by atoms with Gasteiger partial charge in [-0.1, -0.05) is 27.5 Å². The number of piperazine rings is 1. The van der Waals surface area contributed by atoms with Crippen LogP contribution < -0.4 is 5.32 Å². The average Bonchev–Trinajstić information content (AvgIpc) is 3.16. The van der Waals surface area contributed by atoms with E-state index in [1.165, 1.54) is 4.80 Å². The van der Waals surface area contributed by atoms with Gasteiger partial charge in [0.05, 0.1) is 35.6 Å². The number of carbonyl (C=O) groups is 1. The molecular weight excluding hydrogens is 436 g/mol. The Balaban J connectivity index is 1.44. The number of likely N-dealkylation sites (N-methyl/N-ethyl adjacent to an activating group) is 1. The highest BCUT2D eigenvalue weighted by Gasteiger charge is 2.39. The molecule has 4 heterocycles. The van der Waals surface area contributed by atoms with Crippen LogP contribution in [-0.4, -0.2) is 81.5 Å². The molecule has 3 aliphatic heterocycles. The summed E-state index contributed by atoms with van der Waals surface area (Å²) < 4.78 is 0.969. The van der Waals surface area contributed by atoms with E-state index in [2.05, 4.69) is 46.3 Å². The Morgan fingerprint density at radius 2 is 2.07 bits per heavy atom. The van der Waals surface area contributed by atoms with Crippen LogP contribution in [0.25, 0.3) is 5.82 Å². The van der Waals surface area contributed by atoms with Crippen molar-refractivity contribution >= 4 is 51.8 Å². The van der Waals surface area contributed by atoms with Crippen molar-refractivity contribution in [2.45, 2.75) is 24.5 Å². The summed E-state index contributed by atoms with van der Waals surface area (Å²) in [5.74, 6) is 0.473. The maximum atomic E-state index is 12.9. The summed E-state index contributed by atoms with van der Waals surface area (Å²) in [6.45, 7) is 1.39. The Morgan fingerprint density at radius 1 is 1.30 bits per heavy atom. The number of carbonyl (C=O) groups excluding carboxylic acids is 1. The molecule has 4 rings (SSSR count). The van der Waals surface area contributed by atoms with Crippen LogP contribution in [0.3, 0.4) is 0 Å². The zero-order chi connectivity index (χ0) is 19.0. The van der Waals surface area contributed by atoms with Gasteiger partial charge in [0, 0.05) is 42.6 Å². The van der Waals surface area contributed by atoms with Crippen molar-refractivity contribution in [3.8, 4) is 0 Å². The number of amides is 2. The first-order chi connectivity index (χ1) is 13.0. The fourth-order valence-corrected chi connectivity index (χ4v) is 4.45. The highest BCUT2D eigenvalue weighted by Crippen LogP contribution is 2.28. The summed E-state index contributed by atoms with van der Waals surface area (Å²) in [7, 11) is 2.05. The smallest absolute Gasteiger partial charge is 0.318 e. The largest absolute Gasteiger partial charge is 0.330 e. The topological polar surface area (TPSA) is 91.0 Å². The Bertz CT molecular complexity index is 849. The van der Waals surface area contributed by atoms with Crippen LogP contribution in [0.15, 0.2) is 38.1 Å². The number of nitrogens with one attached hydrogen (secondary N) is 1. The molecule has 0 radical (unpaired) electrons. The van der Waals surface area contributed by atoms with Gasteiger partial charge in [-0.25, -0.2) is 9.79 Å². The van der Waals surface area contributed by atoms with Gasteiger partial charge >= 0.3 is 6.03 Å². The lowest BCUT2D eigenvalue weighted by molar-refractivity contribution is 0.106. The average molecular weight is 454 g/mol. The number of fused-ring (bicyclic) bond motifs is 1. The molecule has 1 aromatic rings. The number of hydrogen-bond donors (Lipinski definition) is 1. The lowest BCUT2D eigenvalue weighted by Crippen LogP contribution is -2.63. The van der Waals surface area contributed by atoms with Crippen molar-refractivity contribution in [2.24, 2.45) is 9.98 Å². The fraction of sp³-hybridized carbons (Fsp3) is 0.438. The standard InChI is InChI=1S/C16H18BrClN8O/c1-24-4-5-25(13-9-19-8-11(17)14(13)24)16(27)23-10-6-12(18)15(20-7-10)26-21-2-3-22-26/h2-3,7-10,13-14H,4-6H2,1H3,(H,23,27). The van der Waals surface area contributed by atoms with Crippen molar-refractivity contribution in [3.05, 3.63) is 28.1 Å². The molecule has 27 heavy (non-hydrogen) atoms. The Hall–Kier alpha value is -2.04. The van der Waals surface area contributed by atoms with Crippen LogP contribution in [0.4, 0.5) is 4.79 Å². The second kappa shape index (κ2) is 7.53. The van der Waals surface area contributed by atoms with E-state index in [-0.39, 0.29) is 24.2 Å². The molecule has 0 spiro atoms. The lowest BCUT2D eigenvalue weighted by Gasteiger charge is -2.45. The van der Waals surface area contributed by atoms with Gasteiger partial charge in [0.15, 0.2) is 5.82 Å². The molecule has 1 aromatic heterocycles. The van der Waals surface area contributed by atoms with Gasteiger partial charge in [0.2, 0.25) is 0 Å². The van der Waals surface area contributed by atoms with E-state index in [1.807, 2.05) is 13.3 Å². The summed E-state index contributed by atoms with van der Waals surface area (Å²) in [5.41, 5.74) is 0. The molecule has 1 N–H and O–H groups in total. The zero-order valence-corrected chi connectivity index (χ0v) is 16.9. The highest BCUT2D eigenvalue weighted by molar-refractivity contribution is 9.11. The minimum absolute atomic E-state index is 0.0722. The third kappa shape index (κ3) is 3.56. The van der Waals surface area contributed by atoms with Gasteiger partial charge in [-0.05, 0) is 7.05 Å². The molecule has 3 unspecified atom stereocenters. The first kappa shape index (κ1) is 18.3. The first-order valence-corrected chi connectivity index (χ1v) is 9.67. The van der Waals surface area contributed by atoms with Gasteiger partial charge < -0.3 is 10.2 Å². The van der Waals surface area contributed by atoms with Crippen LogP contribution in [-0.2, 0) is 0 Å². The summed E-state index contributed by atoms with van der Waals surface area (Å²) >= 11 is 9.91. The molecule has 0 bridgehead atoms. The summed E-state index contributed by atoms with van der Waals surface area (Å²) in [6, 6.07) is -0.503. The van der Waals surface area contributed by atoms with Crippen molar-refractivity contribution in [1.29, 1.82) is 0 Å². The molecule has 1 fully saturated rings. The van der Waals surface area contributed by atoms with Crippen LogP contribution in [0.5, 0.6) is 0 Å². The molecule has 3 aliphatic rings. The second-order valence-corrected chi connectivity index (χ2v) is 7.88. The molecular formula is C16H18BrClN8O. The van der Waals surface area contributed by atoms with Gasteiger partial charge in [-0.3, -0.25) is 9.89 Å². The van der Waals surface area contributed by atoms with Crippen molar-refractivity contribution in [3.63, 3.8) is 0 Å². The van der Waals surface area contributed by atoms with Gasteiger partial charge in [0.25, 0.3) is 0 Å². The quantitative estimate of drug-likeness (QED) is 0.735. The number of aliphatic imine (C=N–C) groups is 2. The highest BCUT2D eigenvalue weighted by atomic mass is 79.9. The number of rotatable bonds is 2. The first-order valence-electron chi connectivity index (χ1n) is 8.50. The second-order valence-electron chi connectivity index (χ2n) is 6.51. The SMILES string of the molecule is CN1CCN(C(=O)NC2C=NC(n3nccn3)=C(Cl)C2)C2C=NC=C(Br)C21. The minimum Gasteiger partial charge on any atom is -0.330 e. The Morgan fingerprint density at radius 3 is 2.81 bits per heavy atom. The third-order valence-electron chi connectivity index (χ3n) is 4.77. The third-order valence-corrected chi connectivity index (χ3v) is 5.76. The molecule has 3 atom stereocenters. The Labute approximate surface area is 169 Å². The lowest BCUT2D eigenvalue weighted by atomic mass is 10.0. The number of halogens is 2. The van der Waals surface area contributed by atoms with E-state index in [0.717, 1.165) is 11.0 Å². The van der Waals surface area contributed by atoms with Gasteiger partial charge in [0.1, 0.15) is 0 Å². The molecule has 1 saturated heterocycles. The number of hydrogen-bond acceptors (Lipinski definition) is 6. The van der Waals surface area contributed by atoms with Gasteiger partial charge in [-0.15, -0.1) is 4.80 Å². The summed E-state index contributed by atoms with van der Waals surface area (Å²) in [6.07, 6.45) is 8.82. The molecule has 0 aromatic carbocycles. The van der Waals surface area contributed by atoms with E-state index in [0.29, 0.717) is 23.8 Å². The zero-order valence-electron chi connectivity index (χ0n) is 14.5. The normalized spacial score (nSPS) is 28.2. The van der Waals surface area contributed by atoms with Crippen molar-refractivity contribution < 1.29 is 4.79 Å².